The molecule has 1 unspecified atom stereocenters. The van der Waals surface area contributed by atoms with Crippen LogP contribution in [0.5, 0.6) is 0 Å². The molecule has 0 aromatic carbocycles. The highest BCUT2D eigenvalue weighted by molar-refractivity contribution is 5.69. The van der Waals surface area contributed by atoms with E-state index >= 15 is 0 Å². The standard InChI is InChI=1S/C30H42N8O3/c1-21(23-16-32-38(19-23)27-14-26(34(5)6)17-31-33-27)36-13-11-24(15-28(36)39)35-12-7-8-25(20-35)37(18-22-9-10-22)29(40)41-30(2,3)4/h11,13-17,19,21-22,25H,7-10,12,18,20H2,1-6H3/t21?,25-/m1/s1. The van der Waals surface area contributed by atoms with Crippen LogP contribution in [0.15, 0.2) is 47.8 Å². The second-order valence-corrected chi connectivity index (χ2v) is 12.5. The molecule has 11 heteroatoms. The molecule has 3 aromatic heterocycles. The van der Waals surface area contributed by atoms with E-state index in [9.17, 15) is 9.59 Å². The summed E-state index contributed by atoms with van der Waals surface area (Å²) in [4.78, 5) is 32.6. The van der Waals surface area contributed by atoms with Gasteiger partial charge in [-0.15, -0.1) is 5.10 Å². The van der Waals surface area contributed by atoms with Crippen molar-refractivity contribution in [1.82, 2.24) is 29.4 Å². The van der Waals surface area contributed by atoms with E-state index in [1.54, 1.807) is 27.7 Å². The maximum Gasteiger partial charge on any atom is 0.410 e. The van der Waals surface area contributed by atoms with E-state index in [0.717, 1.165) is 42.9 Å². The number of pyridine rings is 1. The van der Waals surface area contributed by atoms with Gasteiger partial charge in [-0.2, -0.15) is 10.2 Å². The molecule has 11 nitrogen and oxygen atoms in total. The maximum absolute atomic E-state index is 13.3. The summed E-state index contributed by atoms with van der Waals surface area (Å²) >= 11 is 0. The normalized spacial score (nSPS) is 18.2. The molecule has 0 radical (unpaired) electrons. The van der Waals surface area contributed by atoms with Gasteiger partial charge in [0.15, 0.2) is 5.82 Å². The molecule has 41 heavy (non-hydrogen) atoms. The highest BCUT2D eigenvalue weighted by Gasteiger charge is 2.36. The number of nitrogens with zero attached hydrogens (tertiary/aromatic N) is 8. The summed E-state index contributed by atoms with van der Waals surface area (Å²) in [5, 5.41) is 12.8. The molecule has 2 aliphatic rings. The van der Waals surface area contributed by atoms with Gasteiger partial charge in [-0.3, -0.25) is 4.79 Å². The molecule has 1 aliphatic heterocycles. The van der Waals surface area contributed by atoms with Gasteiger partial charge in [0.1, 0.15) is 5.60 Å². The predicted octanol–water partition coefficient (Wildman–Crippen LogP) is 4.12. The third-order valence-electron chi connectivity index (χ3n) is 7.79. The van der Waals surface area contributed by atoms with E-state index in [1.807, 2.05) is 76.1 Å². The Kier molecular flexibility index (Phi) is 8.06. The Labute approximate surface area is 241 Å². The van der Waals surface area contributed by atoms with Crippen LogP contribution in [-0.2, 0) is 4.74 Å². The Morgan fingerprint density at radius 3 is 2.63 bits per heavy atom. The number of carbonyl (C=O) groups excluding carboxylic acids is 1. The van der Waals surface area contributed by atoms with Gasteiger partial charge in [0.25, 0.3) is 5.56 Å². The van der Waals surface area contributed by atoms with Crippen LogP contribution in [-0.4, -0.2) is 80.9 Å². The first-order chi connectivity index (χ1) is 19.5. The average Bonchev–Trinajstić information content (AvgIpc) is 3.62. The molecule has 2 fully saturated rings. The summed E-state index contributed by atoms with van der Waals surface area (Å²) in [5.74, 6) is 1.18. The largest absolute Gasteiger partial charge is 0.444 e. The first-order valence-electron chi connectivity index (χ1n) is 14.5. The van der Waals surface area contributed by atoms with E-state index < -0.39 is 5.60 Å². The zero-order valence-electron chi connectivity index (χ0n) is 25.0. The zero-order chi connectivity index (χ0) is 29.3. The third-order valence-corrected chi connectivity index (χ3v) is 7.79. The molecule has 220 valence electrons. The van der Waals surface area contributed by atoms with Crippen LogP contribution in [0.25, 0.3) is 5.82 Å². The zero-order valence-corrected chi connectivity index (χ0v) is 25.0. The predicted molar refractivity (Wildman–Crippen MR) is 159 cm³/mol. The number of piperidine rings is 1. The molecule has 0 spiro atoms. The SMILES string of the molecule is CC(c1cnn(-c2cc(N(C)C)cnn2)c1)n1ccc(N2CCC[C@@H](N(CC3CC3)C(=O)OC(C)(C)C)C2)cc1=O. The van der Waals surface area contributed by atoms with Crippen molar-refractivity contribution in [3.05, 3.63) is 58.9 Å². The van der Waals surface area contributed by atoms with E-state index in [-0.39, 0.29) is 23.7 Å². The van der Waals surface area contributed by atoms with Gasteiger partial charge in [0.2, 0.25) is 0 Å². The number of ether oxygens (including phenoxy) is 1. The van der Waals surface area contributed by atoms with E-state index in [4.69, 9.17) is 4.74 Å². The summed E-state index contributed by atoms with van der Waals surface area (Å²) in [6.07, 6.45) is 11.2. The van der Waals surface area contributed by atoms with Crippen LogP contribution >= 0.6 is 0 Å². The minimum absolute atomic E-state index is 0.0560. The van der Waals surface area contributed by atoms with E-state index in [2.05, 4.69) is 20.2 Å². The lowest BCUT2D eigenvalue weighted by atomic mass is 10.0. The Morgan fingerprint density at radius 2 is 1.95 bits per heavy atom. The summed E-state index contributed by atoms with van der Waals surface area (Å²) in [6, 6.07) is 5.45. The van der Waals surface area contributed by atoms with Crippen molar-refractivity contribution in [3.8, 4) is 5.82 Å². The lowest BCUT2D eigenvalue weighted by Gasteiger charge is -2.40. The summed E-state index contributed by atoms with van der Waals surface area (Å²) < 4.78 is 9.17. The number of amides is 1. The van der Waals surface area contributed by atoms with Crippen LogP contribution in [0.4, 0.5) is 16.2 Å². The minimum atomic E-state index is -0.533. The number of aromatic nitrogens is 5. The lowest BCUT2D eigenvalue weighted by Crippen LogP contribution is -2.52. The Bertz CT molecular complexity index is 1420. The Morgan fingerprint density at radius 1 is 1.17 bits per heavy atom. The molecule has 0 N–H and O–H groups in total. The molecular weight excluding hydrogens is 520 g/mol. The fourth-order valence-electron chi connectivity index (χ4n) is 5.25. The van der Waals surface area contributed by atoms with E-state index in [0.29, 0.717) is 18.3 Å². The van der Waals surface area contributed by atoms with Crippen LogP contribution in [0.2, 0.25) is 0 Å². The average molecular weight is 563 g/mol. The highest BCUT2D eigenvalue weighted by Crippen LogP contribution is 2.33. The minimum Gasteiger partial charge on any atom is -0.444 e. The molecule has 3 aromatic rings. The van der Waals surface area contributed by atoms with Gasteiger partial charge in [-0.25, -0.2) is 9.48 Å². The smallest absolute Gasteiger partial charge is 0.410 e. The lowest BCUT2D eigenvalue weighted by molar-refractivity contribution is 0.0134. The topological polar surface area (TPSA) is 102 Å². The van der Waals surface area contributed by atoms with Crippen molar-refractivity contribution < 1.29 is 9.53 Å². The molecule has 1 saturated carbocycles. The monoisotopic (exact) mass is 562 g/mol. The second-order valence-electron chi connectivity index (χ2n) is 12.5. The number of rotatable bonds is 8. The van der Waals surface area contributed by atoms with Gasteiger partial charge >= 0.3 is 6.09 Å². The number of hydrogen-bond donors (Lipinski definition) is 0. The quantitative estimate of drug-likeness (QED) is 0.404. The molecule has 4 heterocycles. The summed E-state index contributed by atoms with van der Waals surface area (Å²) in [6.45, 7) is 9.98. The fraction of sp³-hybridized carbons (Fsp3) is 0.567. The van der Waals surface area contributed by atoms with Crippen molar-refractivity contribution in [1.29, 1.82) is 0 Å². The summed E-state index contributed by atoms with van der Waals surface area (Å²) in [5.41, 5.74) is 2.08. The van der Waals surface area contributed by atoms with Gasteiger partial charge in [0.05, 0.1) is 30.2 Å². The first kappa shape index (κ1) is 28.6. The molecule has 0 bridgehead atoms. The fourth-order valence-corrected chi connectivity index (χ4v) is 5.25. The number of anilines is 2. The summed E-state index contributed by atoms with van der Waals surface area (Å²) in [7, 11) is 3.89. The second kappa shape index (κ2) is 11.5. The highest BCUT2D eigenvalue weighted by atomic mass is 16.6. The maximum atomic E-state index is 13.3. The van der Waals surface area contributed by atoms with Crippen molar-refractivity contribution >= 4 is 17.5 Å². The third kappa shape index (κ3) is 6.89. The van der Waals surface area contributed by atoms with Crippen LogP contribution in [0.1, 0.15) is 65.0 Å². The van der Waals surface area contributed by atoms with Crippen molar-refractivity contribution in [3.63, 3.8) is 0 Å². The molecule has 2 atom stereocenters. The van der Waals surface area contributed by atoms with Crippen LogP contribution in [0, 0.1) is 5.92 Å². The van der Waals surface area contributed by atoms with Crippen LogP contribution < -0.4 is 15.4 Å². The van der Waals surface area contributed by atoms with Crippen molar-refractivity contribution in [2.75, 3.05) is 43.5 Å². The Hall–Kier alpha value is -3.89. The first-order valence-corrected chi connectivity index (χ1v) is 14.5. The molecule has 1 saturated heterocycles. The Balaban J connectivity index is 1.30. The van der Waals surface area contributed by atoms with Crippen LogP contribution in [0.3, 0.4) is 0 Å². The number of carbonyl (C=O) groups is 1. The van der Waals surface area contributed by atoms with Crippen molar-refractivity contribution in [2.45, 2.75) is 71.1 Å². The van der Waals surface area contributed by atoms with Gasteiger partial charge in [-0.1, -0.05) is 0 Å². The van der Waals surface area contributed by atoms with Crippen molar-refractivity contribution in [2.24, 2.45) is 5.92 Å². The van der Waals surface area contributed by atoms with Gasteiger partial charge in [0, 0.05) is 69.5 Å². The van der Waals surface area contributed by atoms with E-state index in [1.165, 1.54) is 12.8 Å². The molecule has 5 rings (SSSR count). The van der Waals surface area contributed by atoms with Gasteiger partial charge in [-0.05, 0) is 65.4 Å². The molecule has 1 aliphatic carbocycles. The molecule has 1 amide bonds. The molecular formula is C30H42N8O3. The number of hydrogen-bond acceptors (Lipinski definition) is 8. The van der Waals surface area contributed by atoms with Gasteiger partial charge < -0.3 is 24.0 Å².